The molecule has 1 aromatic rings. The number of hydrogen-bond donors (Lipinski definition) is 0. The van der Waals surface area contributed by atoms with Gasteiger partial charge in [0.25, 0.3) is 0 Å². The van der Waals surface area contributed by atoms with Crippen molar-refractivity contribution in [3.63, 3.8) is 0 Å². The predicted molar refractivity (Wildman–Crippen MR) is 61.1 cm³/mol. The first kappa shape index (κ1) is 11.1. The fourth-order valence-electron chi connectivity index (χ4n) is 2.04. The molecule has 1 aliphatic rings. The van der Waals surface area contributed by atoms with Crippen LogP contribution in [0.5, 0.6) is 5.75 Å². The zero-order valence-electron chi connectivity index (χ0n) is 9.66. The maximum atomic E-state index is 12.2. The molecule has 1 aromatic carbocycles. The second-order valence-corrected chi connectivity index (χ2v) is 3.89. The van der Waals surface area contributed by atoms with Crippen molar-refractivity contribution in [1.29, 1.82) is 0 Å². The van der Waals surface area contributed by atoms with Crippen LogP contribution in [0.1, 0.15) is 29.3 Å². The molecule has 1 unspecified atom stereocenters. The maximum Gasteiger partial charge on any atom is 0.195 e. The molecule has 1 atom stereocenters. The van der Waals surface area contributed by atoms with E-state index in [-0.39, 0.29) is 11.9 Å². The molecule has 0 N–H and O–H groups in total. The lowest BCUT2D eigenvalue weighted by Crippen LogP contribution is -2.22. The predicted octanol–water partition coefficient (Wildman–Crippen LogP) is 2.23. The molecular formula is C13H16O3. The second-order valence-electron chi connectivity index (χ2n) is 3.89. The first-order chi connectivity index (χ1) is 7.77. The molecule has 86 valence electrons. The van der Waals surface area contributed by atoms with E-state index < -0.39 is 0 Å². The van der Waals surface area contributed by atoms with Crippen LogP contribution in [-0.2, 0) is 11.2 Å². The second kappa shape index (κ2) is 4.66. The van der Waals surface area contributed by atoms with Crippen molar-refractivity contribution in [2.75, 3.05) is 13.7 Å². The average molecular weight is 220 g/mol. The third-order valence-corrected chi connectivity index (χ3v) is 2.93. The number of benzene rings is 1. The van der Waals surface area contributed by atoms with Crippen LogP contribution in [-0.4, -0.2) is 25.6 Å². The lowest BCUT2D eigenvalue weighted by Gasteiger charge is -2.13. The number of ketones is 1. The molecule has 0 saturated heterocycles. The van der Waals surface area contributed by atoms with Crippen LogP contribution < -0.4 is 4.74 Å². The molecule has 0 aromatic heterocycles. The van der Waals surface area contributed by atoms with Gasteiger partial charge in [-0.3, -0.25) is 4.79 Å². The number of carbonyl (C=O) groups excluding carboxylic acids is 1. The summed E-state index contributed by atoms with van der Waals surface area (Å²) in [5.74, 6) is 0.770. The molecule has 16 heavy (non-hydrogen) atoms. The standard InChI is InChI=1S/C13H16O3/c1-3-11(15-2)12(14)10-6-4-5-9-7-8-16-13(9)10/h4-6,11H,3,7-8H2,1-2H3. The van der Waals surface area contributed by atoms with E-state index in [0.717, 1.165) is 17.7 Å². The zero-order chi connectivity index (χ0) is 11.5. The van der Waals surface area contributed by atoms with Gasteiger partial charge in [-0.05, 0) is 18.1 Å². The highest BCUT2D eigenvalue weighted by molar-refractivity contribution is 6.02. The topological polar surface area (TPSA) is 35.5 Å². The number of carbonyl (C=O) groups is 1. The molecule has 0 fully saturated rings. The Hall–Kier alpha value is -1.35. The highest BCUT2D eigenvalue weighted by Crippen LogP contribution is 2.30. The number of hydrogen-bond acceptors (Lipinski definition) is 3. The van der Waals surface area contributed by atoms with E-state index in [4.69, 9.17) is 9.47 Å². The molecular weight excluding hydrogens is 204 g/mol. The first-order valence-electron chi connectivity index (χ1n) is 5.59. The van der Waals surface area contributed by atoms with Gasteiger partial charge in [0, 0.05) is 13.5 Å². The molecule has 1 heterocycles. The molecule has 0 amide bonds. The van der Waals surface area contributed by atoms with Crippen LogP contribution in [0, 0.1) is 0 Å². The Bertz CT molecular complexity index is 394. The van der Waals surface area contributed by atoms with Crippen LogP contribution in [0.3, 0.4) is 0 Å². The van der Waals surface area contributed by atoms with Crippen LogP contribution in [0.2, 0.25) is 0 Å². The normalized spacial score (nSPS) is 15.4. The Balaban J connectivity index is 2.34. The molecule has 0 spiro atoms. The fourth-order valence-corrected chi connectivity index (χ4v) is 2.04. The summed E-state index contributed by atoms with van der Waals surface area (Å²) in [6, 6.07) is 5.73. The Morgan fingerprint density at radius 1 is 1.56 bits per heavy atom. The summed E-state index contributed by atoms with van der Waals surface area (Å²) >= 11 is 0. The van der Waals surface area contributed by atoms with Crippen molar-refractivity contribution in [1.82, 2.24) is 0 Å². The van der Waals surface area contributed by atoms with Crippen LogP contribution in [0.4, 0.5) is 0 Å². The summed E-state index contributed by atoms with van der Waals surface area (Å²) in [4.78, 5) is 12.2. The van der Waals surface area contributed by atoms with Gasteiger partial charge >= 0.3 is 0 Å². The van der Waals surface area contributed by atoms with E-state index in [1.54, 1.807) is 7.11 Å². The summed E-state index contributed by atoms with van der Waals surface area (Å²) in [6.45, 7) is 2.61. The van der Waals surface area contributed by atoms with Gasteiger partial charge < -0.3 is 9.47 Å². The molecule has 3 nitrogen and oxygen atoms in total. The van der Waals surface area contributed by atoms with Crippen molar-refractivity contribution >= 4 is 5.78 Å². The minimum absolute atomic E-state index is 0.0174. The van der Waals surface area contributed by atoms with E-state index in [1.807, 2.05) is 25.1 Å². The SMILES string of the molecule is CCC(OC)C(=O)c1cccc2c1OCC2. The van der Waals surface area contributed by atoms with Crippen molar-refractivity contribution in [2.24, 2.45) is 0 Å². The van der Waals surface area contributed by atoms with Crippen LogP contribution in [0.15, 0.2) is 18.2 Å². The monoisotopic (exact) mass is 220 g/mol. The smallest absolute Gasteiger partial charge is 0.195 e. The number of rotatable bonds is 4. The molecule has 0 bridgehead atoms. The van der Waals surface area contributed by atoms with Crippen molar-refractivity contribution in [3.05, 3.63) is 29.3 Å². The highest BCUT2D eigenvalue weighted by atomic mass is 16.5. The third kappa shape index (κ3) is 1.83. The summed E-state index contributed by atoms with van der Waals surface area (Å²) in [7, 11) is 1.57. The van der Waals surface area contributed by atoms with E-state index >= 15 is 0 Å². The summed E-state index contributed by atoms with van der Waals surface area (Å²) < 4.78 is 10.7. The quantitative estimate of drug-likeness (QED) is 0.730. The highest BCUT2D eigenvalue weighted by Gasteiger charge is 2.25. The molecule has 1 aliphatic heterocycles. The minimum Gasteiger partial charge on any atom is -0.492 e. The Morgan fingerprint density at radius 3 is 3.06 bits per heavy atom. The molecule has 0 radical (unpaired) electrons. The number of para-hydroxylation sites is 1. The molecule has 2 rings (SSSR count). The lowest BCUT2D eigenvalue weighted by molar-refractivity contribution is 0.0592. The van der Waals surface area contributed by atoms with Gasteiger partial charge in [0.05, 0.1) is 12.2 Å². The average Bonchev–Trinajstić information content (AvgIpc) is 2.78. The fraction of sp³-hybridized carbons (Fsp3) is 0.462. The van der Waals surface area contributed by atoms with Gasteiger partial charge in [-0.1, -0.05) is 19.1 Å². The number of Topliss-reactive ketones (excluding diaryl/α,β-unsaturated/α-hetero) is 1. The largest absolute Gasteiger partial charge is 0.492 e. The van der Waals surface area contributed by atoms with Crippen molar-refractivity contribution in [2.45, 2.75) is 25.9 Å². The summed E-state index contributed by atoms with van der Waals surface area (Å²) in [6.07, 6.45) is 1.20. The van der Waals surface area contributed by atoms with Gasteiger partial charge in [-0.15, -0.1) is 0 Å². The summed E-state index contributed by atoms with van der Waals surface area (Å²) in [5.41, 5.74) is 1.78. The van der Waals surface area contributed by atoms with Gasteiger partial charge in [0.1, 0.15) is 11.9 Å². The molecule has 0 aliphatic carbocycles. The van der Waals surface area contributed by atoms with Crippen molar-refractivity contribution < 1.29 is 14.3 Å². The van der Waals surface area contributed by atoms with Gasteiger partial charge in [0.2, 0.25) is 0 Å². The number of methoxy groups -OCH3 is 1. The molecule has 0 saturated carbocycles. The summed E-state index contributed by atoms with van der Waals surface area (Å²) in [5, 5.41) is 0. The zero-order valence-corrected chi connectivity index (χ0v) is 9.66. The van der Waals surface area contributed by atoms with Crippen molar-refractivity contribution in [3.8, 4) is 5.75 Å². The lowest BCUT2D eigenvalue weighted by atomic mass is 10.0. The minimum atomic E-state index is -0.365. The van der Waals surface area contributed by atoms with Gasteiger partial charge in [-0.2, -0.15) is 0 Å². The molecule has 3 heteroatoms. The van der Waals surface area contributed by atoms with Gasteiger partial charge in [0.15, 0.2) is 5.78 Å². The van der Waals surface area contributed by atoms with Crippen LogP contribution in [0.25, 0.3) is 0 Å². The van der Waals surface area contributed by atoms with E-state index in [1.165, 1.54) is 0 Å². The van der Waals surface area contributed by atoms with E-state index in [0.29, 0.717) is 18.6 Å². The third-order valence-electron chi connectivity index (χ3n) is 2.93. The van der Waals surface area contributed by atoms with E-state index in [9.17, 15) is 4.79 Å². The van der Waals surface area contributed by atoms with E-state index in [2.05, 4.69) is 0 Å². The number of ether oxygens (including phenoxy) is 2. The van der Waals surface area contributed by atoms with Crippen LogP contribution >= 0.6 is 0 Å². The first-order valence-corrected chi connectivity index (χ1v) is 5.59. The number of fused-ring (bicyclic) bond motifs is 1. The Morgan fingerprint density at radius 2 is 2.38 bits per heavy atom. The Kier molecular flexibility index (Phi) is 3.25. The van der Waals surface area contributed by atoms with Gasteiger partial charge in [-0.25, -0.2) is 0 Å². The Labute approximate surface area is 95.4 Å². The maximum absolute atomic E-state index is 12.2.